The van der Waals surface area contributed by atoms with Crippen LogP contribution in [0.4, 0.5) is 0 Å². The van der Waals surface area contributed by atoms with Crippen LogP contribution in [0.3, 0.4) is 0 Å². The lowest BCUT2D eigenvalue weighted by molar-refractivity contribution is 0.478. The molecule has 22 heavy (non-hydrogen) atoms. The lowest BCUT2D eigenvalue weighted by Crippen LogP contribution is -2.43. The fraction of sp³-hybridized carbons (Fsp3) is 0.357. The van der Waals surface area contributed by atoms with E-state index in [2.05, 4.69) is 10.3 Å². The van der Waals surface area contributed by atoms with Gasteiger partial charge in [-0.15, -0.1) is 0 Å². The quantitative estimate of drug-likeness (QED) is 0.857. The maximum Gasteiger partial charge on any atom is 0.212 e. The Bertz CT molecular complexity index is 834. The maximum absolute atomic E-state index is 12.7. The van der Waals surface area contributed by atoms with Crippen molar-refractivity contribution in [3.8, 4) is 5.75 Å². The number of pyridine rings is 1. The normalized spacial score (nSPS) is 19.5. The Kier molecular flexibility index (Phi) is 4.24. The molecule has 1 aliphatic rings. The average Bonchev–Trinajstić information content (AvgIpc) is 2.50. The van der Waals surface area contributed by atoms with Crippen LogP contribution >= 0.6 is 23.4 Å². The van der Waals surface area contributed by atoms with Crippen LogP contribution in [0.15, 0.2) is 23.2 Å². The van der Waals surface area contributed by atoms with E-state index in [1.54, 1.807) is 30.8 Å². The fourth-order valence-electron chi connectivity index (χ4n) is 2.34. The number of hydrogen-bond donors (Lipinski definition) is 2. The molecule has 118 valence electrons. The number of sulfone groups is 1. The van der Waals surface area contributed by atoms with Crippen molar-refractivity contribution in [2.24, 2.45) is 0 Å². The Hall–Kier alpha value is -1.02. The lowest BCUT2D eigenvalue weighted by Gasteiger charge is -2.22. The number of aryl methyl sites for hydroxylation is 1. The van der Waals surface area contributed by atoms with Crippen molar-refractivity contribution in [3.05, 3.63) is 28.8 Å². The van der Waals surface area contributed by atoms with E-state index in [-0.39, 0.29) is 10.8 Å². The Morgan fingerprint density at radius 1 is 1.41 bits per heavy atom. The van der Waals surface area contributed by atoms with Crippen LogP contribution in [-0.4, -0.2) is 41.9 Å². The number of hydrogen-bond acceptors (Lipinski definition) is 6. The van der Waals surface area contributed by atoms with E-state index in [9.17, 15) is 13.5 Å². The van der Waals surface area contributed by atoms with Gasteiger partial charge >= 0.3 is 0 Å². The molecule has 1 aromatic heterocycles. The summed E-state index contributed by atoms with van der Waals surface area (Å²) >= 11 is 7.63. The van der Waals surface area contributed by atoms with Crippen molar-refractivity contribution >= 4 is 44.1 Å². The van der Waals surface area contributed by atoms with Gasteiger partial charge in [-0.2, -0.15) is 11.8 Å². The van der Waals surface area contributed by atoms with Crippen molar-refractivity contribution in [2.45, 2.75) is 17.3 Å². The summed E-state index contributed by atoms with van der Waals surface area (Å²) in [5.74, 6) is 1.23. The Morgan fingerprint density at radius 3 is 2.86 bits per heavy atom. The standard InChI is InChI=1S/C14H15ClN2O3S2/c1-8-4-11-9(5-10(8)15)12(18)6-13(17-11)22(19,20)14-7-21-3-2-16-14/h4-6,14,16H,2-3,7H2,1H3,(H,17,18). The molecule has 8 heteroatoms. The molecule has 1 saturated heterocycles. The second-order valence-electron chi connectivity index (χ2n) is 5.16. The number of thioether (sulfide) groups is 1. The molecule has 1 fully saturated rings. The van der Waals surface area contributed by atoms with Crippen molar-refractivity contribution in [3.63, 3.8) is 0 Å². The number of benzene rings is 1. The topological polar surface area (TPSA) is 79.3 Å². The van der Waals surface area contributed by atoms with Gasteiger partial charge in [0.15, 0.2) is 5.03 Å². The predicted octanol–water partition coefficient (Wildman–Crippen LogP) is 2.34. The highest BCUT2D eigenvalue weighted by Gasteiger charge is 2.31. The fourth-order valence-corrected chi connectivity index (χ4v) is 5.40. The number of halogens is 1. The van der Waals surface area contributed by atoms with E-state index in [4.69, 9.17) is 11.6 Å². The van der Waals surface area contributed by atoms with Gasteiger partial charge in [-0.1, -0.05) is 11.6 Å². The van der Waals surface area contributed by atoms with E-state index >= 15 is 0 Å². The van der Waals surface area contributed by atoms with Crippen LogP contribution in [0.2, 0.25) is 5.02 Å². The minimum atomic E-state index is -3.64. The Labute approximate surface area is 138 Å². The first kappa shape index (κ1) is 15.9. The highest BCUT2D eigenvalue weighted by Crippen LogP contribution is 2.31. The molecule has 0 aliphatic carbocycles. The van der Waals surface area contributed by atoms with E-state index in [0.717, 1.165) is 11.3 Å². The van der Waals surface area contributed by atoms with Crippen LogP contribution in [-0.2, 0) is 9.84 Å². The third-order valence-corrected chi connectivity index (χ3v) is 7.15. The zero-order valence-corrected chi connectivity index (χ0v) is 14.2. The first-order valence-corrected chi connectivity index (χ1v) is 9.82. The highest BCUT2D eigenvalue weighted by atomic mass is 35.5. The van der Waals surface area contributed by atoms with Gasteiger partial charge in [0.1, 0.15) is 11.1 Å². The lowest BCUT2D eigenvalue weighted by atomic mass is 10.1. The number of nitrogens with one attached hydrogen (secondary N) is 1. The van der Waals surface area contributed by atoms with Crippen LogP contribution in [0.25, 0.3) is 10.9 Å². The summed E-state index contributed by atoms with van der Waals surface area (Å²) in [4.78, 5) is 4.23. The summed E-state index contributed by atoms with van der Waals surface area (Å²) in [7, 11) is -3.64. The molecule has 0 amide bonds. The molecular formula is C14H15ClN2O3S2. The number of fused-ring (bicyclic) bond motifs is 1. The summed E-state index contributed by atoms with van der Waals surface area (Å²) in [5.41, 5.74) is 1.20. The molecular weight excluding hydrogens is 344 g/mol. The smallest absolute Gasteiger partial charge is 0.212 e. The number of aromatic hydroxyl groups is 1. The monoisotopic (exact) mass is 358 g/mol. The van der Waals surface area contributed by atoms with Gasteiger partial charge in [-0.3, -0.25) is 5.32 Å². The molecule has 0 saturated carbocycles. The Balaban J connectivity index is 2.13. The molecule has 1 unspecified atom stereocenters. The van der Waals surface area contributed by atoms with Crippen LogP contribution in [0.1, 0.15) is 5.56 Å². The summed E-state index contributed by atoms with van der Waals surface area (Å²) in [5, 5.41) is 13.3. The highest BCUT2D eigenvalue weighted by molar-refractivity contribution is 8.01. The molecule has 5 nitrogen and oxygen atoms in total. The van der Waals surface area contributed by atoms with Crippen molar-refractivity contribution in [1.29, 1.82) is 0 Å². The van der Waals surface area contributed by atoms with Gasteiger partial charge in [-0.05, 0) is 24.6 Å². The van der Waals surface area contributed by atoms with Crippen molar-refractivity contribution in [2.75, 3.05) is 18.1 Å². The van der Waals surface area contributed by atoms with E-state index in [1.165, 1.54) is 6.07 Å². The molecule has 3 rings (SSSR count). The van der Waals surface area contributed by atoms with Crippen LogP contribution in [0, 0.1) is 6.92 Å². The minimum Gasteiger partial charge on any atom is -0.507 e. The molecule has 2 aromatic rings. The third kappa shape index (κ3) is 2.78. The van der Waals surface area contributed by atoms with Crippen LogP contribution < -0.4 is 5.32 Å². The van der Waals surface area contributed by atoms with E-state index < -0.39 is 15.2 Å². The number of aromatic nitrogens is 1. The molecule has 2 heterocycles. The largest absolute Gasteiger partial charge is 0.507 e. The Morgan fingerprint density at radius 2 is 2.18 bits per heavy atom. The van der Waals surface area contributed by atoms with Crippen LogP contribution in [0.5, 0.6) is 5.75 Å². The summed E-state index contributed by atoms with van der Waals surface area (Å²) in [6.45, 7) is 2.45. The molecule has 0 bridgehead atoms. The zero-order valence-electron chi connectivity index (χ0n) is 11.8. The second kappa shape index (κ2) is 5.88. The van der Waals surface area contributed by atoms with Gasteiger partial charge in [0.2, 0.25) is 9.84 Å². The SMILES string of the molecule is Cc1cc2nc(S(=O)(=O)C3CSCCN3)cc(O)c2cc1Cl. The second-order valence-corrected chi connectivity index (χ2v) is 8.80. The first-order chi connectivity index (χ1) is 10.4. The average molecular weight is 359 g/mol. The van der Waals surface area contributed by atoms with E-state index in [1.807, 2.05) is 0 Å². The van der Waals surface area contributed by atoms with Gasteiger partial charge in [0, 0.05) is 34.5 Å². The maximum atomic E-state index is 12.7. The number of nitrogens with zero attached hydrogens (tertiary/aromatic N) is 1. The minimum absolute atomic E-state index is 0.112. The van der Waals surface area contributed by atoms with Gasteiger partial charge in [-0.25, -0.2) is 13.4 Å². The zero-order chi connectivity index (χ0) is 15.9. The number of rotatable bonds is 2. The van der Waals surface area contributed by atoms with Crippen molar-refractivity contribution < 1.29 is 13.5 Å². The van der Waals surface area contributed by atoms with Crippen molar-refractivity contribution in [1.82, 2.24) is 10.3 Å². The van der Waals surface area contributed by atoms with Gasteiger partial charge in [0.05, 0.1) is 5.52 Å². The summed E-state index contributed by atoms with van der Waals surface area (Å²) < 4.78 is 25.3. The summed E-state index contributed by atoms with van der Waals surface area (Å²) in [6.07, 6.45) is 0. The third-order valence-electron chi connectivity index (χ3n) is 3.60. The van der Waals surface area contributed by atoms with Gasteiger partial charge in [0.25, 0.3) is 0 Å². The molecule has 0 radical (unpaired) electrons. The molecule has 1 aromatic carbocycles. The van der Waals surface area contributed by atoms with E-state index in [0.29, 0.717) is 28.2 Å². The molecule has 1 aliphatic heterocycles. The predicted molar refractivity (Wildman–Crippen MR) is 89.5 cm³/mol. The van der Waals surface area contributed by atoms with Gasteiger partial charge < -0.3 is 5.11 Å². The molecule has 2 N–H and O–H groups in total. The molecule has 0 spiro atoms. The molecule has 1 atom stereocenters. The first-order valence-electron chi connectivity index (χ1n) is 6.74. The summed E-state index contributed by atoms with van der Waals surface area (Å²) in [6, 6.07) is 4.48.